The summed E-state index contributed by atoms with van der Waals surface area (Å²) in [5.74, 6) is -3.05. The third kappa shape index (κ3) is 3.00. The molecular formula is C27H18BrFN2O3. The molecule has 0 radical (unpaired) electrons. The van der Waals surface area contributed by atoms with Crippen molar-refractivity contribution in [2.45, 2.75) is 12.1 Å². The molecule has 5 nitrogen and oxygen atoms in total. The van der Waals surface area contributed by atoms with Crippen LogP contribution in [0.25, 0.3) is 6.08 Å². The standard InChI is InChI=1S/C27H18BrFN2O3/c28-17-7-5-16(6-8-17)25(32)24-22-21(23-20-4-2-1-3-15(20)13-14-30(23)24)26(33)31(27(22)34)19-11-9-18(29)10-12-19/h1-14,21-24H. The number of carbonyl (C=O) groups is 3. The van der Waals surface area contributed by atoms with Crippen LogP contribution < -0.4 is 4.90 Å². The van der Waals surface area contributed by atoms with Crippen molar-refractivity contribution in [2.24, 2.45) is 11.8 Å². The van der Waals surface area contributed by atoms with Crippen LogP contribution in [0.2, 0.25) is 0 Å². The Labute approximate surface area is 203 Å². The molecule has 2 amide bonds. The van der Waals surface area contributed by atoms with E-state index in [9.17, 15) is 18.8 Å². The molecule has 3 aliphatic heterocycles. The number of anilines is 1. The van der Waals surface area contributed by atoms with Gasteiger partial charge in [0.25, 0.3) is 0 Å². The molecule has 7 heteroatoms. The quantitative estimate of drug-likeness (QED) is 0.363. The predicted molar refractivity (Wildman–Crippen MR) is 128 cm³/mol. The van der Waals surface area contributed by atoms with Crippen LogP contribution in [-0.2, 0) is 9.59 Å². The first kappa shape index (κ1) is 21.0. The number of amides is 2. The summed E-state index contributed by atoms with van der Waals surface area (Å²) in [7, 11) is 0. The molecule has 0 spiro atoms. The zero-order valence-corrected chi connectivity index (χ0v) is 19.4. The molecule has 34 heavy (non-hydrogen) atoms. The van der Waals surface area contributed by atoms with Gasteiger partial charge in [-0.1, -0.05) is 52.3 Å². The van der Waals surface area contributed by atoms with Crippen molar-refractivity contribution in [1.82, 2.24) is 4.90 Å². The monoisotopic (exact) mass is 516 g/mol. The van der Waals surface area contributed by atoms with E-state index in [1.165, 1.54) is 24.3 Å². The molecule has 3 aromatic carbocycles. The van der Waals surface area contributed by atoms with Crippen molar-refractivity contribution in [3.63, 3.8) is 0 Å². The average Bonchev–Trinajstić information content (AvgIpc) is 3.32. The molecule has 3 aliphatic rings. The van der Waals surface area contributed by atoms with Crippen molar-refractivity contribution in [2.75, 3.05) is 4.90 Å². The first-order chi connectivity index (χ1) is 16.5. The number of carbonyl (C=O) groups excluding carboxylic acids is 3. The highest BCUT2D eigenvalue weighted by molar-refractivity contribution is 9.10. The van der Waals surface area contributed by atoms with Crippen molar-refractivity contribution < 1.29 is 18.8 Å². The lowest BCUT2D eigenvalue weighted by molar-refractivity contribution is -0.123. The SMILES string of the molecule is O=C(c1ccc(Br)cc1)C1C2C(=O)N(c3ccc(F)cc3)C(=O)C2C2c3ccccc3C=CN12. The van der Waals surface area contributed by atoms with Gasteiger partial charge >= 0.3 is 0 Å². The maximum Gasteiger partial charge on any atom is 0.240 e. The van der Waals surface area contributed by atoms with Crippen LogP contribution in [-0.4, -0.2) is 28.5 Å². The Bertz CT molecular complexity index is 1370. The Morgan fingerprint density at radius 1 is 0.853 bits per heavy atom. The molecule has 6 rings (SSSR count). The Kier molecular flexibility index (Phi) is 4.78. The first-order valence-corrected chi connectivity index (χ1v) is 11.7. The highest BCUT2D eigenvalue weighted by Crippen LogP contribution is 2.53. The van der Waals surface area contributed by atoms with Crippen LogP contribution in [0.1, 0.15) is 27.5 Å². The van der Waals surface area contributed by atoms with E-state index < -0.39 is 35.6 Å². The number of ketones is 1. The second-order valence-electron chi connectivity index (χ2n) is 8.69. The maximum atomic E-state index is 13.8. The number of rotatable bonds is 3. The number of imide groups is 1. The van der Waals surface area contributed by atoms with Gasteiger partial charge in [-0.2, -0.15) is 0 Å². The van der Waals surface area contributed by atoms with E-state index in [0.717, 1.165) is 20.5 Å². The first-order valence-electron chi connectivity index (χ1n) is 10.9. The van der Waals surface area contributed by atoms with Crippen molar-refractivity contribution in [1.29, 1.82) is 0 Å². The van der Waals surface area contributed by atoms with Gasteiger partial charge in [-0.05, 0) is 53.6 Å². The molecule has 0 aromatic heterocycles. The Hall–Kier alpha value is -3.58. The lowest BCUT2D eigenvalue weighted by atomic mass is 9.83. The molecule has 4 unspecified atom stereocenters. The van der Waals surface area contributed by atoms with Gasteiger partial charge in [-0.15, -0.1) is 0 Å². The molecule has 0 aliphatic carbocycles. The summed E-state index contributed by atoms with van der Waals surface area (Å²) in [5, 5.41) is 0. The minimum Gasteiger partial charge on any atom is -0.358 e. The minimum absolute atomic E-state index is 0.212. The number of hydrogen-bond acceptors (Lipinski definition) is 4. The van der Waals surface area contributed by atoms with E-state index in [4.69, 9.17) is 0 Å². The molecular weight excluding hydrogens is 499 g/mol. The van der Waals surface area contributed by atoms with E-state index in [0.29, 0.717) is 11.3 Å². The van der Waals surface area contributed by atoms with Gasteiger partial charge in [-0.25, -0.2) is 9.29 Å². The molecule has 168 valence electrons. The smallest absolute Gasteiger partial charge is 0.240 e. The van der Waals surface area contributed by atoms with Gasteiger partial charge in [0.2, 0.25) is 11.8 Å². The lowest BCUT2D eigenvalue weighted by Gasteiger charge is -2.35. The van der Waals surface area contributed by atoms with E-state index in [-0.39, 0.29) is 11.7 Å². The summed E-state index contributed by atoms with van der Waals surface area (Å²) in [4.78, 5) is 44.3. The maximum absolute atomic E-state index is 13.8. The van der Waals surface area contributed by atoms with E-state index in [2.05, 4.69) is 15.9 Å². The highest BCUT2D eigenvalue weighted by atomic mass is 79.9. The third-order valence-electron chi connectivity index (χ3n) is 6.94. The summed E-state index contributed by atoms with van der Waals surface area (Å²) in [5.41, 5.74) is 2.65. The van der Waals surface area contributed by atoms with Crippen LogP contribution in [0.5, 0.6) is 0 Å². The van der Waals surface area contributed by atoms with E-state index in [1.54, 1.807) is 24.3 Å². The molecule has 3 heterocycles. The largest absolute Gasteiger partial charge is 0.358 e. The summed E-state index contributed by atoms with van der Waals surface area (Å²) < 4.78 is 14.4. The highest BCUT2D eigenvalue weighted by Gasteiger charge is 2.64. The zero-order chi connectivity index (χ0) is 23.6. The minimum atomic E-state index is -0.852. The second-order valence-corrected chi connectivity index (χ2v) is 9.61. The van der Waals surface area contributed by atoms with Crippen molar-refractivity contribution in [3.8, 4) is 0 Å². The lowest BCUT2D eigenvalue weighted by Crippen LogP contribution is -2.44. The summed E-state index contributed by atoms with van der Waals surface area (Å²) >= 11 is 3.39. The number of halogens is 2. The van der Waals surface area contributed by atoms with E-state index >= 15 is 0 Å². The number of fused-ring (bicyclic) bond motifs is 5. The molecule has 4 atom stereocenters. The molecule has 0 N–H and O–H groups in total. The van der Waals surface area contributed by atoms with Crippen molar-refractivity contribution >= 4 is 45.3 Å². The van der Waals surface area contributed by atoms with Crippen LogP contribution in [0, 0.1) is 17.7 Å². The molecule has 2 fully saturated rings. The predicted octanol–water partition coefficient (Wildman–Crippen LogP) is 4.99. The fourth-order valence-corrected chi connectivity index (χ4v) is 5.75. The normalized spacial score (nSPS) is 24.8. The fourth-order valence-electron chi connectivity index (χ4n) is 5.49. The average molecular weight is 517 g/mol. The van der Waals surface area contributed by atoms with Gasteiger partial charge in [0.05, 0.1) is 23.6 Å². The van der Waals surface area contributed by atoms with Crippen LogP contribution in [0.15, 0.2) is 83.5 Å². The van der Waals surface area contributed by atoms with Gasteiger partial charge in [0.15, 0.2) is 5.78 Å². The molecule has 0 bridgehead atoms. The third-order valence-corrected chi connectivity index (χ3v) is 7.47. The number of hydrogen-bond donors (Lipinski definition) is 0. The number of benzene rings is 3. The zero-order valence-electron chi connectivity index (χ0n) is 17.8. The van der Waals surface area contributed by atoms with E-state index in [1.807, 2.05) is 41.4 Å². The van der Waals surface area contributed by atoms with Crippen LogP contribution >= 0.6 is 15.9 Å². The van der Waals surface area contributed by atoms with Crippen LogP contribution in [0.3, 0.4) is 0 Å². The molecule has 0 saturated carbocycles. The number of Topliss-reactive ketones (excluding diaryl/α,β-unsaturated/α-hetero) is 1. The van der Waals surface area contributed by atoms with Gasteiger partial charge in [0, 0.05) is 16.2 Å². The summed E-state index contributed by atoms with van der Waals surface area (Å²) in [6, 6.07) is 18.7. The molecule has 3 aromatic rings. The Morgan fingerprint density at radius 2 is 1.53 bits per heavy atom. The summed E-state index contributed by atoms with van der Waals surface area (Å²) in [6.07, 6.45) is 3.75. The van der Waals surface area contributed by atoms with Gasteiger partial charge in [0.1, 0.15) is 11.9 Å². The summed E-state index contributed by atoms with van der Waals surface area (Å²) in [6.45, 7) is 0. The number of nitrogens with zero attached hydrogens (tertiary/aromatic N) is 2. The molecule has 2 saturated heterocycles. The van der Waals surface area contributed by atoms with Gasteiger partial charge < -0.3 is 4.90 Å². The van der Waals surface area contributed by atoms with Gasteiger partial charge in [-0.3, -0.25) is 14.4 Å². The Morgan fingerprint density at radius 3 is 2.26 bits per heavy atom. The van der Waals surface area contributed by atoms with Crippen LogP contribution in [0.4, 0.5) is 10.1 Å². The fraction of sp³-hybridized carbons (Fsp3) is 0.148. The Balaban J connectivity index is 1.49. The topological polar surface area (TPSA) is 57.7 Å². The second kappa shape index (κ2) is 7.74. The van der Waals surface area contributed by atoms with Crippen molar-refractivity contribution in [3.05, 3.63) is 106 Å².